The lowest BCUT2D eigenvalue weighted by molar-refractivity contribution is -0.118. The molecule has 0 aromatic heterocycles. The number of hydrogen-bond donors (Lipinski definition) is 1. The van der Waals surface area contributed by atoms with Crippen molar-refractivity contribution in [1.29, 1.82) is 0 Å². The molecule has 1 unspecified atom stereocenters. The van der Waals surface area contributed by atoms with Gasteiger partial charge in [-0.3, -0.25) is 19.3 Å². The zero-order chi connectivity index (χ0) is 24.1. The van der Waals surface area contributed by atoms with Crippen molar-refractivity contribution in [2.24, 2.45) is 5.73 Å². The number of carbonyl (C=O) groups is 3. The molecule has 0 fully saturated rings. The molecule has 3 amide bonds. The van der Waals surface area contributed by atoms with Gasteiger partial charge in [0.15, 0.2) is 11.5 Å². The summed E-state index contributed by atoms with van der Waals surface area (Å²) in [5, 5.41) is 0. The van der Waals surface area contributed by atoms with E-state index < -0.39 is 23.8 Å². The minimum absolute atomic E-state index is 0.00138. The molecule has 176 valence electrons. The second-order valence-corrected chi connectivity index (χ2v) is 7.95. The van der Waals surface area contributed by atoms with E-state index in [-0.39, 0.29) is 24.0 Å². The van der Waals surface area contributed by atoms with Crippen molar-refractivity contribution in [3.05, 3.63) is 53.1 Å². The van der Waals surface area contributed by atoms with E-state index in [1.165, 1.54) is 19.1 Å². The standard InChI is InChI=1S/C24H29N3O6/c1-26(2)12-13-33-19-7-5-6-16-22(19)24(30)27(23(16)29)17(9-11-21(25)28)15-8-10-18(31-3)20(14-15)32-4/h5-8,10,14,17H,9,11-13H2,1-4H3,(H2,25,28). The fraction of sp³-hybridized carbons (Fsp3) is 0.375. The van der Waals surface area contributed by atoms with Gasteiger partial charge in [0.25, 0.3) is 11.8 Å². The molecular weight excluding hydrogens is 426 g/mol. The van der Waals surface area contributed by atoms with Crippen LogP contribution in [0.1, 0.15) is 45.2 Å². The predicted molar refractivity (Wildman–Crippen MR) is 122 cm³/mol. The monoisotopic (exact) mass is 455 g/mol. The number of nitrogens with two attached hydrogens (primary N) is 1. The second-order valence-electron chi connectivity index (χ2n) is 7.95. The number of carbonyl (C=O) groups excluding carboxylic acids is 3. The highest BCUT2D eigenvalue weighted by atomic mass is 16.5. The van der Waals surface area contributed by atoms with Crippen molar-refractivity contribution >= 4 is 17.7 Å². The third kappa shape index (κ3) is 5.09. The summed E-state index contributed by atoms with van der Waals surface area (Å²) in [5.41, 5.74) is 6.50. The van der Waals surface area contributed by atoms with Gasteiger partial charge in [-0.2, -0.15) is 0 Å². The molecule has 0 aliphatic carbocycles. The number of hydrogen-bond acceptors (Lipinski definition) is 7. The Morgan fingerprint density at radius 3 is 2.39 bits per heavy atom. The van der Waals surface area contributed by atoms with Gasteiger partial charge in [0.1, 0.15) is 12.4 Å². The summed E-state index contributed by atoms with van der Waals surface area (Å²) in [6.07, 6.45) is 0.172. The number of likely N-dealkylation sites (N-methyl/N-ethyl adjacent to an activating group) is 1. The number of amides is 3. The molecule has 0 spiro atoms. The van der Waals surface area contributed by atoms with E-state index >= 15 is 0 Å². The Balaban J connectivity index is 1.99. The molecule has 1 aliphatic rings. The molecule has 0 bridgehead atoms. The van der Waals surface area contributed by atoms with E-state index in [2.05, 4.69) is 0 Å². The van der Waals surface area contributed by atoms with Crippen LogP contribution in [-0.2, 0) is 4.79 Å². The molecular formula is C24H29N3O6. The minimum Gasteiger partial charge on any atom is -0.493 e. The number of ether oxygens (including phenoxy) is 3. The highest BCUT2D eigenvalue weighted by Crippen LogP contribution is 2.40. The van der Waals surface area contributed by atoms with Gasteiger partial charge in [-0.05, 0) is 50.3 Å². The lowest BCUT2D eigenvalue weighted by Gasteiger charge is -2.27. The SMILES string of the molecule is COc1ccc(C(CCC(N)=O)N2C(=O)c3cccc(OCCN(C)C)c3C2=O)cc1OC. The average Bonchev–Trinajstić information content (AvgIpc) is 3.04. The summed E-state index contributed by atoms with van der Waals surface area (Å²) in [4.78, 5) is 41.5. The van der Waals surface area contributed by atoms with Gasteiger partial charge in [0, 0.05) is 13.0 Å². The fourth-order valence-electron chi connectivity index (χ4n) is 3.80. The Kier molecular flexibility index (Phi) is 7.55. The first-order valence-electron chi connectivity index (χ1n) is 10.6. The van der Waals surface area contributed by atoms with Gasteiger partial charge in [-0.15, -0.1) is 0 Å². The topological polar surface area (TPSA) is 111 Å². The first-order chi connectivity index (χ1) is 15.8. The fourth-order valence-corrected chi connectivity index (χ4v) is 3.80. The van der Waals surface area contributed by atoms with Gasteiger partial charge in [-0.1, -0.05) is 12.1 Å². The van der Waals surface area contributed by atoms with Gasteiger partial charge in [0.05, 0.1) is 31.4 Å². The Labute approximate surface area is 193 Å². The number of imide groups is 1. The molecule has 2 aromatic rings. The number of primary amides is 1. The maximum atomic E-state index is 13.5. The molecule has 9 heteroatoms. The van der Waals surface area contributed by atoms with Gasteiger partial charge in [-0.25, -0.2) is 0 Å². The molecule has 2 N–H and O–H groups in total. The number of rotatable bonds is 11. The van der Waals surface area contributed by atoms with Crippen molar-refractivity contribution < 1.29 is 28.6 Å². The summed E-state index contributed by atoms with van der Waals surface area (Å²) in [5.74, 6) is -0.129. The molecule has 9 nitrogen and oxygen atoms in total. The molecule has 1 heterocycles. The zero-order valence-corrected chi connectivity index (χ0v) is 19.3. The van der Waals surface area contributed by atoms with Crippen LogP contribution in [0.2, 0.25) is 0 Å². The third-order valence-electron chi connectivity index (χ3n) is 5.47. The van der Waals surface area contributed by atoms with Crippen molar-refractivity contribution in [3.8, 4) is 17.2 Å². The molecule has 1 aliphatic heterocycles. The molecule has 3 rings (SSSR count). The summed E-state index contributed by atoms with van der Waals surface area (Å²) >= 11 is 0. The van der Waals surface area contributed by atoms with Gasteiger partial charge < -0.3 is 24.8 Å². The van der Waals surface area contributed by atoms with Crippen molar-refractivity contribution in [2.45, 2.75) is 18.9 Å². The Bertz CT molecular complexity index is 1050. The lowest BCUT2D eigenvalue weighted by Crippen LogP contribution is -2.35. The van der Waals surface area contributed by atoms with Crippen LogP contribution in [0.4, 0.5) is 0 Å². The maximum absolute atomic E-state index is 13.5. The highest BCUT2D eigenvalue weighted by molar-refractivity contribution is 6.22. The summed E-state index contributed by atoms with van der Waals surface area (Å²) < 4.78 is 16.5. The van der Waals surface area contributed by atoms with Crippen LogP contribution >= 0.6 is 0 Å². The molecule has 0 saturated carbocycles. The molecule has 2 aromatic carbocycles. The molecule has 1 atom stereocenters. The van der Waals surface area contributed by atoms with Crippen LogP contribution in [-0.4, -0.2) is 69.0 Å². The number of nitrogens with zero attached hydrogens (tertiary/aromatic N) is 2. The predicted octanol–water partition coefficient (Wildman–Crippen LogP) is 2.25. The normalized spacial score (nSPS) is 13.8. The third-order valence-corrected chi connectivity index (χ3v) is 5.47. The second kappa shape index (κ2) is 10.4. The van der Waals surface area contributed by atoms with Gasteiger partial charge >= 0.3 is 0 Å². The van der Waals surface area contributed by atoms with Crippen LogP contribution in [0.3, 0.4) is 0 Å². The first-order valence-corrected chi connectivity index (χ1v) is 10.6. The van der Waals surface area contributed by atoms with E-state index in [1.54, 1.807) is 36.4 Å². The van der Waals surface area contributed by atoms with Crippen LogP contribution in [0.5, 0.6) is 17.2 Å². The van der Waals surface area contributed by atoms with Crippen LogP contribution in [0.25, 0.3) is 0 Å². The quantitative estimate of drug-likeness (QED) is 0.517. The van der Waals surface area contributed by atoms with Crippen molar-refractivity contribution in [1.82, 2.24) is 9.80 Å². The van der Waals surface area contributed by atoms with Crippen LogP contribution in [0.15, 0.2) is 36.4 Å². The average molecular weight is 456 g/mol. The Hall–Kier alpha value is -3.59. The van der Waals surface area contributed by atoms with E-state index in [0.717, 1.165) is 0 Å². The van der Waals surface area contributed by atoms with Crippen LogP contribution < -0.4 is 19.9 Å². The number of benzene rings is 2. The van der Waals surface area contributed by atoms with Crippen molar-refractivity contribution in [3.63, 3.8) is 0 Å². The highest BCUT2D eigenvalue weighted by Gasteiger charge is 2.42. The summed E-state index contributed by atoms with van der Waals surface area (Å²) in [6.45, 7) is 1.02. The van der Waals surface area contributed by atoms with Gasteiger partial charge in [0.2, 0.25) is 5.91 Å². The van der Waals surface area contributed by atoms with E-state index in [0.29, 0.717) is 36.0 Å². The Morgan fingerprint density at radius 2 is 1.76 bits per heavy atom. The Morgan fingerprint density at radius 1 is 1.03 bits per heavy atom. The number of methoxy groups -OCH3 is 2. The maximum Gasteiger partial charge on any atom is 0.265 e. The minimum atomic E-state index is -0.723. The smallest absolute Gasteiger partial charge is 0.265 e. The molecule has 0 radical (unpaired) electrons. The molecule has 0 saturated heterocycles. The number of fused-ring (bicyclic) bond motifs is 1. The van der Waals surface area contributed by atoms with E-state index in [4.69, 9.17) is 19.9 Å². The van der Waals surface area contributed by atoms with Crippen molar-refractivity contribution in [2.75, 3.05) is 41.5 Å². The molecule has 33 heavy (non-hydrogen) atoms. The zero-order valence-electron chi connectivity index (χ0n) is 19.3. The summed E-state index contributed by atoms with van der Waals surface area (Å²) in [6, 6.07) is 9.38. The first kappa shape index (κ1) is 24.1. The lowest BCUT2D eigenvalue weighted by atomic mass is 9.99. The van der Waals surface area contributed by atoms with Crippen LogP contribution in [0, 0.1) is 0 Å². The van der Waals surface area contributed by atoms with E-state index in [1.807, 2.05) is 19.0 Å². The summed E-state index contributed by atoms with van der Waals surface area (Å²) in [7, 11) is 6.85. The van der Waals surface area contributed by atoms with E-state index in [9.17, 15) is 14.4 Å². The largest absolute Gasteiger partial charge is 0.493 e.